The number of nitrogens with zero attached hydrogens (tertiary/aromatic N) is 2. The lowest BCUT2D eigenvalue weighted by Crippen LogP contribution is -2.49. The molecule has 16 heavy (non-hydrogen) atoms. The summed E-state index contributed by atoms with van der Waals surface area (Å²) in [5.41, 5.74) is -0.337. The predicted octanol–water partition coefficient (Wildman–Crippen LogP) is 2.22. The third-order valence-corrected chi connectivity index (χ3v) is 3.96. The number of halogens is 1. The number of anilines is 1. The molecule has 0 saturated heterocycles. The molecule has 0 radical (unpaired) electrons. The Bertz CT molecular complexity index is 505. The first-order chi connectivity index (χ1) is 7.66. The Morgan fingerprint density at radius 1 is 1.56 bits per heavy atom. The Labute approximate surface area is 96.3 Å². The second-order valence-corrected chi connectivity index (χ2v) is 5.01. The number of aliphatic imine (C=N–C) groups is 1. The fraction of sp³-hybridized carbons (Fsp3) is 0.273. The van der Waals surface area contributed by atoms with E-state index in [2.05, 4.69) is 4.99 Å². The molecule has 0 N–H and O–H groups in total. The van der Waals surface area contributed by atoms with Gasteiger partial charge in [-0.15, -0.1) is 0 Å². The van der Waals surface area contributed by atoms with Crippen molar-refractivity contribution in [2.75, 3.05) is 4.90 Å². The Morgan fingerprint density at radius 2 is 2.31 bits per heavy atom. The molecule has 0 aliphatic carbocycles. The first kappa shape index (κ1) is 9.84. The molecule has 1 aromatic rings. The number of aldehydes is 1. The molecule has 2 heterocycles. The highest BCUT2D eigenvalue weighted by Crippen LogP contribution is 2.48. The summed E-state index contributed by atoms with van der Waals surface area (Å²) < 4.78 is 13.7. The standard InChI is InChI=1S/C11H9FN2OS/c1-11(6-15)9(12)13-10-14(11)7-4-2-3-5-8(7)16-10/h2-6,9H,1H3. The van der Waals surface area contributed by atoms with Gasteiger partial charge in [0.05, 0.1) is 5.69 Å². The molecule has 3 rings (SSSR count). The van der Waals surface area contributed by atoms with Crippen LogP contribution in [-0.2, 0) is 4.79 Å². The van der Waals surface area contributed by atoms with Crippen LogP contribution in [0.3, 0.4) is 0 Å². The van der Waals surface area contributed by atoms with Gasteiger partial charge in [-0.05, 0) is 30.8 Å². The highest BCUT2D eigenvalue weighted by Gasteiger charge is 2.51. The van der Waals surface area contributed by atoms with E-state index in [1.807, 2.05) is 24.3 Å². The largest absolute Gasteiger partial charge is 0.302 e. The monoisotopic (exact) mass is 236 g/mol. The fourth-order valence-electron chi connectivity index (χ4n) is 1.97. The van der Waals surface area contributed by atoms with Gasteiger partial charge in [-0.1, -0.05) is 12.1 Å². The Morgan fingerprint density at radius 3 is 3.06 bits per heavy atom. The first-order valence-electron chi connectivity index (χ1n) is 4.92. The smallest absolute Gasteiger partial charge is 0.222 e. The van der Waals surface area contributed by atoms with Gasteiger partial charge in [0.1, 0.15) is 0 Å². The van der Waals surface area contributed by atoms with Gasteiger partial charge in [-0.2, -0.15) is 0 Å². The van der Waals surface area contributed by atoms with Gasteiger partial charge in [0, 0.05) is 4.90 Å². The minimum absolute atomic E-state index is 0.573. The summed E-state index contributed by atoms with van der Waals surface area (Å²) in [4.78, 5) is 17.7. The summed E-state index contributed by atoms with van der Waals surface area (Å²) in [6.07, 6.45) is -0.850. The molecule has 2 aliphatic rings. The Hall–Kier alpha value is -1.36. The normalized spacial score (nSPS) is 31.0. The van der Waals surface area contributed by atoms with Crippen LogP contribution in [0.4, 0.5) is 10.1 Å². The number of benzene rings is 1. The number of thioether (sulfide) groups is 1. The van der Waals surface area contributed by atoms with Gasteiger partial charge in [-0.25, -0.2) is 9.38 Å². The van der Waals surface area contributed by atoms with Crippen molar-refractivity contribution in [3.05, 3.63) is 24.3 Å². The topological polar surface area (TPSA) is 32.7 Å². The van der Waals surface area contributed by atoms with Crippen LogP contribution in [0.25, 0.3) is 0 Å². The molecule has 0 bridgehead atoms. The lowest BCUT2D eigenvalue weighted by Gasteiger charge is -2.29. The summed E-state index contributed by atoms with van der Waals surface area (Å²) in [6, 6.07) is 7.61. The minimum Gasteiger partial charge on any atom is -0.302 e. The summed E-state index contributed by atoms with van der Waals surface area (Å²) in [6.45, 7) is 1.57. The zero-order valence-corrected chi connectivity index (χ0v) is 9.37. The molecule has 1 aromatic carbocycles. The van der Waals surface area contributed by atoms with Crippen molar-refractivity contribution in [2.45, 2.75) is 23.7 Å². The van der Waals surface area contributed by atoms with Crippen molar-refractivity contribution >= 4 is 28.9 Å². The van der Waals surface area contributed by atoms with Crippen molar-refractivity contribution < 1.29 is 9.18 Å². The summed E-state index contributed by atoms with van der Waals surface area (Å²) in [5.74, 6) is 0. The molecule has 2 aliphatic heterocycles. The Kier molecular flexibility index (Phi) is 1.89. The predicted molar refractivity (Wildman–Crippen MR) is 61.6 cm³/mol. The molecular formula is C11H9FN2OS. The molecule has 0 saturated carbocycles. The molecule has 5 heteroatoms. The maximum atomic E-state index is 13.7. The maximum absolute atomic E-state index is 13.7. The highest BCUT2D eigenvalue weighted by atomic mass is 32.2. The van der Waals surface area contributed by atoms with Gasteiger partial charge in [0.15, 0.2) is 17.0 Å². The number of amidine groups is 1. The number of carbonyl (C=O) groups is 1. The molecule has 0 spiro atoms. The van der Waals surface area contributed by atoms with Gasteiger partial charge in [0.25, 0.3) is 0 Å². The van der Waals surface area contributed by atoms with E-state index in [1.54, 1.807) is 11.8 Å². The summed E-state index contributed by atoms with van der Waals surface area (Å²) >= 11 is 1.41. The quantitative estimate of drug-likeness (QED) is 0.553. The van der Waals surface area contributed by atoms with E-state index < -0.39 is 11.8 Å². The minimum atomic E-state index is -1.49. The van der Waals surface area contributed by atoms with Crippen LogP contribution in [0.5, 0.6) is 0 Å². The summed E-state index contributed by atoms with van der Waals surface area (Å²) in [5, 5.41) is 0.573. The van der Waals surface area contributed by atoms with Crippen molar-refractivity contribution in [2.24, 2.45) is 4.99 Å². The zero-order chi connectivity index (χ0) is 11.3. The van der Waals surface area contributed by atoms with Crippen LogP contribution in [0.1, 0.15) is 6.92 Å². The molecule has 82 valence electrons. The van der Waals surface area contributed by atoms with E-state index in [0.29, 0.717) is 11.5 Å². The molecule has 0 aromatic heterocycles. The van der Waals surface area contributed by atoms with Gasteiger partial charge >= 0.3 is 0 Å². The van der Waals surface area contributed by atoms with Crippen LogP contribution >= 0.6 is 11.8 Å². The number of para-hydroxylation sites is 1. The average molecular weight is 236 g/mol. The highest BCUT2D eigenvalue weighted by molar-refractivity contribution is 8.14. The number of carbonyl (C=O) groups excluding carboxylic acids is 1. The van der Waals surface area contributed by atoms with E-state index in [-0.39, 0.29) is 0 Å². The fourth-order valence-corrected chi connectivity index (χ4v) is 3.11. The molecule has 0 fully saturated rings. The van der Waals surface area contributed by atoms with Gasteiger partial charge in [-0.3, -0.25) is 0 Å². The number of rotatable bonds is 1. The summed E-state index contributed by atoms with van der Waals surface area (Å²) in [7, 11) is 0. The number of hydrogen-bond acceptors (Lipinski definition) is 4. The van der Waals surface area contributed by atoms with E-state index in [4.69, 9.17) is 0 Å². The average Bonchev–Trinajstić information content (AvgIpc) is 2.76. The number of fused-ring (bicyclic) bond motifs is 3. The van der Waals surface area contributed by atoms with Crippen LogP contribution < -0.4 is 4.90 Å². The Balaban J connectivity index is 2.17. The molecule has 2 atom stereocenters. The second-order valence-electron chi connectivity index (χ2n) is 4.00. The van der Waals surface area contributed by atoms with Crippen molar-refractivity contribution in [1.82, 2.24) is 0 Å². The molecule has 0 amide bonds. The van der Waals surface area contributed by atoms with E-state index in [1.165, 1.54) is 11.8 Å². The maximum Gasteiger partial charge on any atom is 0.222 e. The number of hydrogen-bond donors (Lipinski definition) is 0. The van der Waals surface area contributed by atoms with Crippen LogP contribution in [0.15, 0.2) is 34.2 Å². The van der Waals surface area contributed by atoms with Crippen LogP contribution in [0.2, 0.25) is 0 Å². The van der Waals surface area contributed by atoms with E-state index >= 15 is 0 Å². The van der Waals surface area contributed by atoms with E-state index in [9.17, 15) is 9.18 Å². The van der Waals surface area contributed by atoms with Crippen LogP contribution in [0, 0.1) is 0 Å². The lowest BCUT2D eigenvalue weighted by molar-refractivity contribution is -0.113. The van der Waals surface area contributed by atoms with Gasteiger partial charge < -0.3 is 9.69 Å². The van der Waals surface area contributed by atoms with Crippen molar-refractivity contribution in [3.8, 4) is 0 Å². The lowest BCUT2D eigenvalue weighted by atomic mass is 10.0. The molecule has 3 nitrogen and oxygen atoms in total. The third kappa shape index (κ3) is 1.04. The van der Waals surface area contributed by atoms with Crippen molar-refractivity contribution in [1.29, 1.82) is 0 Å². The molecular weight excluding hydrogens is 227 g/mol. The molecule has 2 unspecified atom stereocenters. The van der Waals surface area contributed by atoms with E-state index in [0.717, 1.165) is 10.6 Å². The second kappa shape index (κ2) is 3.07. The van der Waals surface area contributed by atoms with Crippen molar-refractivity contribution in [3.63, 3.8) is 0 Å². The SMILES string of the molecule is CC1(C=O)C(F)N=C2Sc3ccccc3N21. The number of alkyl halides is 1. The van der Waals surface area contributed by atoms with Crippen LogP contribution in [-0.4, -0.2) is 23.3 Å². The van der Waals surface area contributed by atoms with Gasteiger partial charge in [0.2, 0.25) is 6.30 Å². The zero-order valence-electron chi connectivity index (χ0n) is 8.55. The first-order valence-corrected chi connectivity index (χ1v) is 5.74. The third-order valence-electron chi connectivity index (χ3n) is 2.93.